The van der Waals surface area contributed by atoms with Crippen LogP contribution in [0.3, 0.4) is 0 Å². The molecule has 6 aliphatic heterocycles. The molecule has 7 atom stereocenters. The molecule has 0 radical (unpaired) electrons. The quantitative estimate of drug-likeness (QED) is 0.0186. The number of fused-ring (bicyclic) bond motifs is 24. The molecular weight excluding hydrogens is 1800 g/mol. The Bertz CT molecular complexity index is 7500. The monoisotopic (exact) mass is 1910 g/mol. The van der Waals surface area contributed by atoms with E-state index < -0.39 is 109 Å². The number of aliphatic hydroxyl groups is 2. The van der Waals surface area contributed by atoms with Crippen molar-refractivity contribution in [3.05, 3.63) is 214 Å². The zero-order valence-electron chi connectivity index (χ0n) is 80.6. The second-order valence-corrected chi connectivity index (χ2v) is 36.6. The van der Waals surface area contributed by atoms with Gasteiger partial charge >= 0.3 is 77.3 Å². The van der Waals surface area contributed by atoms with Gasteiger partial charge in [-0.15, -0.1) is 0 Å². The molecule has 0 aliphatic carbocycles. The van der Waals surface area contributed by atoms with E-state index in [9.17, 15) is 94.2 Å². The van der Waals surface area contributed by atoms with E-state index >= 15 is 0 Å². The predicted molar refractivity (Wildman–Crippen MR) is 539 cm³/mol. The number of amides is 1. The molecule has 4 unspecified atom stereocenters. The second-order valence-electron chi connectivity index (χ2n) is 36.6. The molecule has 15 heterocycles. The van der Waals surface area contributed by atoms with Gasteiger partial charge in [-0.25, -0.2) is 34.5 Å². The van der Waals surface area contributed by atoms with Crippen LogP contribution in [0.5, 0.6) is 0 Å². The van der Waals surface area contributed by atoms with Gasteiger partial charge in [0, 0.05) is 144 Å². The fourth-order valence-corrected chi connectivity index (χ4v) is 20.2. The SMILES string of the molecule is C=Cc1c(C)c2cc3nc(c(CC(=O)N[C@@H](CC(=O)O)C(=O)O)c4[nH]c(cc5nc(cc1[nH]2)C(C)=C5CC)c(C)c4C(=O)O)[C@@H](CCC(=O)O)[C@@H]3C.CC1=C(CCC(=O)O)c2cc3[nH]c(cc4nc(cc5[nH]c(cc1n2)c(C)c5C(C)OC(C)C1=C(C)c2cc5[nH]c(cc6nc(cc7[nH]c(cc1n2)c(C)c7CCC(=O)O)C(CCC(=O)O)=C6C)c(C)c5C(C)O)C(C)=C4C(C)O)c(C)c3CCC(=O)O.[NaH]. The van der Waals surface area contributed by atoms with Gasteiger partial charge in [0.25, 0.3) is 0 Å². The Morgan fingerprint density at radius 2 is 0.807 bits per heavy atom. The zero-order chi connectivity index (χ0) is 101. The molecule has 0 aromatic carbocycles. The number of aromatic amines is 6. The zero-order valence-corrected chi connectivity index (χ0v) is 80.6. The number of H-pyrrole nitrogens is 6. The number of aromatic nitrogens is 12. The van der Waals surface area contributed by atoms with Gasteiger partial charge in [-0.3, -0.25) is 38.5 Å². The second kappa shape index (κ2) is 41.9. The minimum absolute atomic E-state index is 0. The number of carbonyl (C=O) groups excluding carboxylic acids is 1. The van der Waals surface area contributed by atoms with Gasteiger partial charge in [0.1, 0.15) is 6.04 Å². The number of rotatable bonds is 30. The Kier molecular flexibility index (Phi) is 30.9. The van der Waals surface area contributed by atoms with E-state index in [0.29, 0.717) is 141 Å². The first-order valence-corrected chi connectivity index (χ1v) is 46.2. The molecule has 34 heteroatoms. The molecule has 0 spiro atoms. The summed E-state index contributed by atoms with van der Waals surface area (Å²) in [6.45, 7) is 36.3. The van der Waals surface area contributed by atoms with Crippen molar-refractivity contribution in [2.24, 2.45) is 0 Å². The summed E-state index contributed by atoms with van der Waals surface area (Å²) in [5.41, 5.74) is 30.4. The van der Waals surface area contributed by atoms with Crippen LogP contribution >= 0.6 is 0 Å². The van der Waals surface area contributed by atoms with Crippen LogP contribution in [-0.4, -0.2) is 212 Å². The average molecular weight is 1920 g/mol. The van der Waals surface area contributed by atoms with Gasteiger partial charge in [0.2, 0.25) is 5.91 Å². The Morgan fingerprint density at radius 3 is 1.28 bits per heavy atom. The fraction of sp³-hybridized carbons (Fsp3) is 0.349. The number of hydrogen-bond donors (Lipinski definition) is 17. The molecule has 1 amide bonds. The molecule has 33 nitrogen and oxygen atoms in total. The number of carboxylic acid groups (broad SMARTS) is 8. The van der Waals surface area contributed by atoms with Crippen LogP contribution in [-0.2, 0) is 62.4 Å². The molecule has 0 fully saturated rings. The van der Waals surface area contributed by atoms with E-state index in [1.807, 2.05) is 158 Å². The molecule has 0 saturated heterocycles. The summed E-state index contributed by atoms with van der Waals surface area (Å²) in [4.78, 5) is 162. The van der Waals surface area contributed by atoms with Crippen molar-refractivity contribution >= 4 is 211 Å². The summed E-state index contributed by atoms with van der Waals surface area (Å²) in [5.74, 6) is -11.1. The molecule has 17 N–H and O–H groups in total. The van der Waals surface area contributed by atoms with Crippen LogP contribution in [0.15, 0.2) is 73.3 Å². The number of hydrogen-bond acceptors (Lipinski definition) is 18. The van der Waals surface area contributed by atoms with Crippen molar-refractivity contribution in [2.75, 3.05) is 0 Å². The predicted octanol–water partition coefficient (Wildman–Crippen LogP) is 18.6. The molecule has 24 bridgehead atoms. The minimum atomic E-state index is -1.76. The first kappa shape index (κ1) is 103. The topological polar surface area (TPSA) is 549 Å². The molecule has 6 aliphatic rings. The Labute approximate surface area is 827 Å². The van der Waals surface area contributed by atoms with Crippen molar-refractivity contribution in [3.8, 4) is 0 Å². The third kappa shape index (κ3) is 21.0. The van der Waals surface area contributed by atoms with Crippen LogP contribution in [0.1, 0.15) is 310 Å². The summed E-state index contributed by atoms with van der Waals surface area (Å²) in [5, 5.41) is 104. The van der Waals surface area contributed by atoms with E-state index in [4.69, 9.17) is 34.6 Å². The van der Waals surface area contributed by atoms with E-state index in [2.05, 4.69) is 41.8 Å². The van der Waals surface area contributed by atoms with E-state index in [1.54, 1.807) is 32.9 Å². The molecule has 9 aromatic heterocycles. The van der Waals surface area contributed by atoms with E-state index in [0.717, 1.165) is 106 Å². The number of ether oxygens (including phenoxy) is 1. The number of nitrogens with one attached hydrogen (secondary N) is 7. The van der Waals surface area contributed by atoms with Crippen molar-refractivity contribution in [2.45, 2.75) is 243 Å². The van der Waals surface area contributed by atoms with Gasteiger partial charge in [0.05, 0.1) is 111 Å². The summed E-state index contributed by atoms with van der Waals surface area (Å²) >= 11 is 0. The van der Waals surface area contributed by atoms with Crippen LogP contribution in [0.2, 0.25) is 0 Å². The number of aliphatic hydroxyl groups excluding tert-OH is 2. The number of aliphatic carboxylic acids is 7. The van der Waals surface area contributed by atoms with Crippen molar-refractivity contribution in [1.82, 2.24) is 65.1 Å². The third-order valence-corrected chi connectivity index (χ3v) is 27.7. The molecule has 0 saturated carbocycles. The van der Waals surface area contributed by atoms with Crippen LogP contribution in [0, 0.1) is 41.5 Å². The number of carbonyl (C=O) groups is 9. The number of allylic oxidation sites excluding steroid dienone is 8. The first-order valence-electron chi connectivity index (χ1n) is 46.2. The van der Waals surface area contributed by atoms with Crippen LogP contribution < -0.4 is 5.32 Å². The summed E-state index contributed by atoms with van der Waals surface area (Å²) < 4.78 is 7.26. The van der Waals surface area contributed by atoms with Crippen molar-refractivity contribution < 1.29 is 99.0 Å². The molecule has 726 valence electrons. The first-order chi connectivity index (χ1) is 65.7. The average Bonchev–Trinajstić information content (AvgIpc) is 1.61. The summed E-state index contributed by atoms with van der Waals surface area (Å²) in [6.07, 6.45) is -1.99. The number of aryl methyl sites for hydroxylation is 8. The van der Waals surface area contributed by atoms with Gasteiger partial charge < -0.3 is 91.0 Å². The Hall–Kier alpha value is -14.1. The van der Waals surface area contributed by atoms with Gasteiger partial charge in [0.15, 0.2) is 0 Å². The number of carboxylic acids is 8. The molecule has 15 rings (SSSR count). The normalized spacial score (nSPS) is 15.2. The summed E-state index contributed by atoms with van der Waals surface area (Å²) in [6, 6.07) is 19.1. The number of nitrogens with zero attached hydrogens (tertiary/aromatic N) is 6. The van der Waals surface area contributed by atoms with E-state index in [1.165, 1.54) is 0 Å². The van der Waals surface area contributed by atoms with Crippen LogP contribution in [0.25, 0.3) is 128 Å². The maximum atomic E-state index is 13.6. The van der Waals surface area contributed by atoms with E-state index in [-0.39, 0.29) is 116 Å². The van der Waals surface area contributed by atoms with Crippen molar-refractivity contribution in [3.63, 3.8) is 0 Å². The third-order valence-electron chi connectivity index (χ3n) is 27.7. The van der Waals surface area contributed by atoms with Gasteiger partial charge in [-0.2, -0.15) is 0 Å². The maximum absolute atomic E-state index is 13.6. The standard InChI is InChI=1S/C68H74N8O11.C38H41N5O9.Na.H/c1-29-41(13-17-61(79)80)53-28-56-44(16-20-64(85)86)32(4)48(72-56)24-59-68(36(8)52(76-59)25-58-65(37(9)77)33(5)49(73-58)21-45(29)69-53)40(12)87-39(11)67-35(7)50-22-46-30(2)42(14-18-62(81)82)54(70-46)27-55-43(15-19-63(83)84)31(3)47(71-55)23-57-66(38(10)78)34(6)51(74-57)26-60(67)75-50;1-7-20-16(3)24-12-26-18(5)22(9-10-32(45)46)35(42-26)23(11-31(44)41-30(37(49)50)15-33(47)48)36-34(38(51)52)19(6)27(43-36)14-29-21(8-2)17(4)25(40-29)13-28(20)39-24;;/h21-28,37-40,71-73,75,77-78H,13-20H2,1-12H3,(H,79,80)(H,81,82)(H,83,84)(H,85,86);7,12-14,18,22,30,39,43H,1,8-11,15H2,2-6H3,(H,41,44)(H,45,46)(H,47,48)(H,49,50)(H,51,52);;/t;18-,22-,30-;;/m.0../s1. The Morgan fingerprint density at radius 1 is 0.414 bits per heavy atom. The number of aromatic carboxylic acids is 1. The van der Waals surface area contributed by atoms with Gasteiger partial charge in [-0.05, 0) is 298 Å². The van der Waals surface area contributed by atoms with Crippen molar-refractivity contribution in [1.29, 1.82) is 0 Å². The van der Waals surface area contributed by atoms with Gasteiger partial charge in [-0.1, -0.05) is 26.5 Å². The fourth-order valence-electron chi connectivity index (χ4n) is 20.2. The molecular formula is C106H116N13NaO20. The summed E-state index contributed by atoms with van der Waals surface area (Å²) in [7, 11) is 0. The molecule has 9 aromatic rings. The Balaban J connectivity index is 0.000000266. The molecule has 140 heavy (non-hydrogen) atoms. The van der Waals surface area contributed by atoms with Crippen LogP contribution in [0.4, 0.5) is 0 Å².